The van der Waals surface area contributed by atoms with Crippen LogP contribution < -0.4 is 10.6 Å². The lowest BCUT2D eigenvalue weighted by Gasteiger charge is -2.16. The summed E-state index contributed by atoms with van der Waals surface area (Å²) in [6.45, 7) is 3.77. The Morgan fingerprint density at radius 3 is 2.46 bits per heavy atom. The van der Waals surface area contributed by atoms with E-state index in [2.05, 4.69) is 33.7 Å². The second-order valence-corrected chi connectivity index (χ2v) is 6.15. The van der Waals surface area contributed by atoms with Gasteiger partial charge in [-0.15, -0.1) is 30.4 Å². The molecule has 2 aliphatic carbocycles. The van der Waals surface area contributed by atoms with E-state index in [9.17, 15) is 9.59 Å². The first kappa shape index (κ1) is 18.8. The number of allylic oxidation sites excluding steroid dienone is 2. The highest BCUT2D eigenvalue weighted by molar-refractivity contribution is 14.0. The molecule has 24 heavy (non-hydrogen) atoms. The number of hydrogen-bond acceptors (Lipinski definition) is 3. The molecular formula is C17H23IN4O2. The van der Waals surface area contributed by atoms with Crippen LogP contribution >= 0.6 is 24.0 Å². The van der Waals surface area contributed by atoms with E-state index in [1.165, 1.54) is 4.90 Å². The minimum absolute atomic E-state index is 0. The van der Waals surface area contributed by atoms with E-state index in [0.717, 1.165) is 13.0 Å². The van der Waals surface area contributed by atoms with E-state index < -0.39 is 0 Å². The summed E-state index contributed by atoms with van der Waals surface area (Å²) in [6.07, 6.45) is 10.4. The first-order chi connectivity index (χ1) is 11.2. The molecule has 0 aromatic heterocycles. The summed E-state index contributed by atoms with van der Waals surface area (Å²) in [6, 6.07) is 0. The number of imide groups is 1. The van der Waals surface area contributed by atoms with Crippen LogP contribution in [0.5, 0.6) is 0 Å². The molecule has 0 aromatic carbocycles. The lowest BCUT2D eigenvalue weighted by molar-refractivity contribution is -0.140. The van der Waals surface area contributed by atoms with Gasteiger partial charge < -0.3 is 10.6 Å². The Kier molecular flexibility index (Phi) is 6.27. The molecule has 1 aliphatic heterocycles. The van der Waals surface area contributed by atoms with Crippen LogP contribution in [0.15, 0.2) is 17.1 Å². The Bertz CT molecular complexity index is 580. The van der Waals surface area contributed by atoms with Crippen molar-refractivity contribution in [1.82, 2.24) is 15.5 Å². The van der Waals surface area contributed by atoms with Crippen molar-refractivity contribution in [2.24, 2.45) is 28.7 Å². The Morgan fingerprint density at radius 2 is 1.92 bits per heavy atom. The van der Waals surface area contributed by atoms with Crippen LogP contribution in [-0.4, -0.2) is 48.9 Å². The molecule has 1 saturated carbocycles. The molecule has 0 spiro atoms. The first-order valence-corrected chi connectivity index (χ1v) is 8.16. The molecule has 6 nitrogen and oxygen atoms in total. The summed E-state index contributed by atoms with van der Waals surface area (Å²) in [7, 11) is 0. The molecule has 4 atom stereocenters. The van der Waals surface area contributed by atoms with Gasteiger partial charge in [0.1, 0.15) is 0 Å². The number of guanidine groups is 1. The van der Waals surface area contributed by atoms with Crippen molar-refractivity contribution >= 4 is 41.8 Å². The highest BCUT2D eigenvalue weighted by Crippen LogP contribution is 2.52. The van der Waals surface area contributed by atoms with Gasteiger partial charge in [0.2, 0.25) is 11.8 Å². The molecule has 2 amide bonds. The van der Waals surface area contributed by atoms with Crippen LogP contribution in [0, 0.1) is 36.0 Å². The number of rotatable bonds is 5. The average Bonchev–Trinajstić information content (AvgIpc) is 3.21. The predicted octanol–water partition coefficient (Wildman–Crippen LogP) is 0.600. The number of terminal acetylenes is 1. The number of aliphatic imine (C=N–C) groups is 1. The number of carbonyl (C=O) groups excluding carboxylic acids is 2. The van der Waals surface area contributed by atoms with Crippen LogP contribution in [-0.2, 0) is 9.59 Å². The zero-order valence-electron chi connectivity index (χ0n) is 13.7. The Balaban J connectivity index is 0.00000208. The number of hydrogen-bond donors (Lipinski definition) is 2. The number of likely N-dealkylation sites (tertiary alicyclic amines) is 1. The van der Waals surface area contributed by atoms with Gasteiger partial charge in [-0.3, -0.25) is 19.5 Å². The molecule has 0 radical (unpaired) electrons. The number of carbonyl (C=O) groups is 2. The third kappa shape index (κ3) is 3.29. The molecule has 0 aromatic rings. The van der Waals surface area contributed by atoms with E-state index in [1.54, 1.807) is 0 Å². The fraction of sp³-hybridized carbons (Fsp3) is 0.588. The van der Waals surface area contributed by atoms with Crippen molar-refractivity contribution in [3.63, 3.8) is 0 Å². The fourth-order valence-electron chi connectivity index (χ4n) is 3.92. The number of halogens is 1. The molecule has 1 heterocycles. The van der Waals surface area contributed by atoms with Crippen molar-refractivity contribution in [3.05, 3.63) is 12.2 Å². The van der Waals surface area contributed by atoms with Crippen molar-refractivity contribution in [2.45, 2.75) is 13.3 Å². The molecule has 1 saturated heterocycles. The average molecular weight is 442 g/mol. The zero-order valence-corrected chi connectivity index (χ0v) is 16.0. The van der Waals surface area contributed by atoms with Crippen LogP contribution in [0.25, 0.3) is 0 Å². The Hall–Kier alpha value is -1.56. The van der Waals surface area contributed by atoms with E-state index in [-0.39, 0.29) is 59.5 Å². The molecular weight excluding hydrogens is 419 g/mol. The molecule has 130 valence electrons. The van der Waals surface area contributed by atoms with Crippen molar-refractivity contribution in [2.75, 3.05) is 26.2 Å². The standard InChI is InChI=1S/C17H22N4O2.HI/c1-3-7-19-17(18-4-2)20-8-9-21-15(22)13-11-5-6-12(10-11)14(13)16(21)23;/h1,5-6,11-14H,4,7-10H2,2H3,(H2,18,19,20);1H. The van der Waals surface area contributed by atoms with Crippen molar-refractivity contribution in [3.8, 4) is 12.3 Å². The summed E-state index contributed by atoms with van der Waals surface area (Å²) >= 11 is 0. The van der Waals surface area contributed by atoms with Gasteiger partial charge in [0, 0.05) is 13.1 Å². The van der Waals surface area contributed by atoms with Crippen LogP contribution in [0.4, 0.5) is 0 Å². The van der Waals surface area contributed by atoms with Gasteiger partial charge in [-0.05, 0) is 25.2 Å². The Labute approximate surface area is 159 Å². The first-order valence-electron chi connectivity index (χ1n) is 8.16. The van der Waals surface area contributed by atoms with E-state index >= 15 is 0 Å². The van der Waals surface area contributed by atoms with Crippen LogP contribution in [0.1, 0.15) is 13.3 Å². The molecule has 4 unspecified atom stereocenters. The van der Waals surface area contributed by atoms with Gasteiger partial charge in [0.15, 0.2) is 5.96 Å². The molecule has 2 N–H and O–H groups in total. The molecule has 3 rings (SSSR count). The minimum atomic E-state index is -0.130. The van der Waals surface area contributed by atoms with E-state index in [0.29, 0.717) is 25.6 Å². The maximum Gasteiger partial charge on any atom is 0.233 e. The monoisotopic (exact) mass is 442 g/mol. The quantitative estimate of drug-likeness (QED) is 0.163. The fourth-order valence-corrected chi connectivity index (χ4v) is 3.92. The molecule has 7 heteroatoms. The maximum absolute atomic E-state index is 12.5. The summed E-state index contributed by atoms with van der Waals surface area (Å²) < 4.78 is 0. The SMILES string of the molecule is C#CCNC(=NCCN1C(=O)C2C3C=CC(C3)C2C1=O)NCC.I. The third-order valence-electron chi connectivity index (χ3n) is 4.86. The molecule has 3 aliphatic rings. The molecule has 2 bridgehead atoms. The smallest absolute Gasteiger partial charge is 0.233 e. The third-order valence-corrected chi connectivity index (χ3v) is 4.86. The molecule has 2 fully saturated rings. The Morgan fingerprint density at radius 1 is 1.29 bits per heavy atom. The topological polar surface area (TPSA) is 73.8 Å². The predicted molar refractivity (Wildman–Crippen MR) is 103 cm³/mol. The largest absolute Gasteiger partial charge is 0.357 e. The van der Waals surface area contributed by atoms with Gasteiger partial charge >= 0.3 is 0 Å². The van der Waals surface area contributed by atoms with Crippen molar-refractivity contribution < 1.29 is 9.59 Å². The highest BCUT2D eigenvalue weighted by Gasteiger charge is 2.58. The minimum Gasteiger partial charge on any atom is -0.357 e. The van der Waals surface area contributed by atoms with E-state index in [1.807, 2.05) is 6.92 Å². The van der Waals surface area contributed by atoms with Gasteiger partial charge in [-0.1, -0.05) is 18.1 Å². The van der Waals surface area contributed by atoms with Gasteiger partial charge in [0.05, 0.1) is 24.9 Å². The maximum atomic E-state index is 12.5. The van der Waals surface area contributed by atoms with Gasteiger partial charge in [-0.25, -0.2) is 0 Å². The summed E-state index contributed by atoms with van der Waals surface area (Å²) in [5, 5.41) is 6.06. The summed E-state index contributed by atoms with van der Waals surface area (Å²) in [5.41, 5.74) is 0. The number of amides is 2. The van der Waals surface area contributed by atoms with Gasteiger partial charge in [0.25, 0.3) is 0 Å². The lowest BCUT2D eigenvalue weighted by atomic mass is 9.85. The number of nitrogens with one attached hydrogen (secondary N) is 2. The van der Waals surface area contributed by atoms with Crippen LogP contribution in [0.2, 0.25) is 0 Å². The van der Waals surface area contributed by atoms with Crippen molar-refractivity contribution in [1.29, 1.82) is 0 Å². The normalized spacial score (nSPS) is 30.2. The van der Waals surface area contributed by atoms with Crippen LogP contribution in [0.3, 0.4) is 0 Å². The van der Waals surface area contributed by atoms with Gasteiger partial charge in [-0.2, -0.15) is 0 Å². The number of nitrogens with zero attached hydrogens (tertiary/aromatic N) is 2. The highest BCUT2D eigenvalue weighted by atomic mass is 127. The van der Waals surface area contributed by atoms with E-state index in [4.69, 9.17) is 6.42 Å². The number of fused-ring (bicyclic) bond motifs is 5. The summed E-state index contributed by atoms with van der Waals surface area (Å²) in [4.78, 5) is 30.8. The summed E-state index contributed by atoms with van der Waals surface area (Å²) in [5.74, 6) is 3.30. The lowest BCUT2D eigenvalue weighted by Crippen LogP contribution is -2.39. The second kappa shape index (κ2) is 8.01. The second-order valence-electron chi connectivity index (χ2n) is 6.15. The zero-order chi connectivity index (χ0) is 16.4.